The van der Waals surface area contributed by atoms with Crippen molar-refractivity contribution in [2.24, 2.45) is 0 Å². The zero-order valence-corrected chi connectivity index (χ0v) is 18.0. The van der Waals surface area contributed by atoms with Crippen molar-refractivity contribution in [3.05, 3.63) is 42.0 Å². The van der Waals surface area contributed by atoms with Crippen molar-refractivity contribution in [3.63, 3.8) is 0 Å². The number of unbranched alkanes of at least 4 members (excludes halogenated alkanes) is 6. The lowest BCUT2D eigenvalue weighted by atomic mass is 10.0. The van der Waals surface area contributed by atoms with Gasteiger partial charge in [-0.2, -0.15) is 0 Å². The molecule has 0 radical (unpaired) electrons. The summed E-state index contributed by atoms with van der Waals surface area (Å²) in [6.07, 6.45) is 10.5. The third kappa shape index (κ3) is 5.81. The van der Waals surface area contributed by atoms with Crippen molar-refractivity contribution < 1.29 is 19.2 Å². The average molecular weight is 426 g/mol. The van der Waals surface area contributed by atoms with Gasteiger partial charge < -0.3 is 10.2 Å². The number of hydrogen-bond donors (Lipinski definition) is 2. The standard InChI is InChI=1S/C24H31N3O4/c1-2-3-4-5-6-7-8-9-13-21(28)25-19-12-10-11-17-18(19)16-27(24(17)31)20-14-15-22(29)26-23(20)30/h2,10-12,20H,1,3-9,13-16H2,(H,25,28)(H,26,29,30). The van der Waals surface area contributed by atoms with E-state index >= 15 is 0 Å². The molecule has 166 valence electrons. The highest BCUT2D eigenvalue weighted by Crippen LogP contribution is 2.32. The predicted molar refractivity (Wildman–Crippen MR) is 118 cm³/mol. The fourth-order valence-corrected chi connectivity index (χ4v) is 4.20. The maximum atomic E-state index is 12.8. The first-order valence-electron chi connectivity index (χ1n) is 11.2. The summed E-state index contributed by atoms with van der Waals surface area (Å²) in [5.41, 5.74) is 1.85. The minimum Gasteiger partial charge on any atom is -0.326 e. The van der Waals surface area contributed by atoms with Gasteiger partial charge in [0.2, 0.25) is 17.7 Å². The van der Waals surface area contributed by atoms with Crippen molar-refractivity contribution in [1.29, 1.82) is 0 Å². The molecule has 0 bridgehead atoms. The largest absolute Gasteiger partial charge is 0.326 e. The van der Waals surface area contributed by atoms with Crippen LogP contribution in [0.1, 0.15) is 80.1 Å². The van der Waals surface area contributed by atoms with E-state index in [4.69, 9.17) is 0 Å². The number of nitrogens with one attached hydrogen (secondary N) is 2. The van der Waals surface area contributed by atoms with E-state index in [0.717, 1.165) is 31.2 Å². The first kappa shape index (κ1) is 22.7. The summed E-state index contributed by atoms with van der Waals surface area (Å²) in [6.45, 7) is 3.98. The van der Waals surface area contributed by atoms with Crippen LogP contribution < -0.4 is 10.6 Å². The van der Waals surface area contributed by atoms with Gasteiger partial charge in [-0.3, -0.25) is 24.5 Å². The van der Waals surface area contributed by atoms with Crippen molar-refractivity contribution in [2.45, 2.75) is 76.8 Å². The molecule has 0 spiro atoms. The topological polar surface area (TPSA) is 95.6 Å². The number of anilines is 1. The van der Waals surface area contributed by atoms with Crippen molar-refractivity contribution in [3.8, 4) is 0 Å². The van der Waals surface area contributed by atoms with E-state index in [2.05, 4.69) is 17.2 Å². The van der Waals surface area contributed by atoms with Crippen LogP contribution in [0.4, 0.5) is 5.69 Å². The van der Waals surface area contributed by atoms with Crippen molar-refractivity contribution in [2.75, 3.05) is 5.32 Å². The second kappa shape index (κ2) is 10.9. The van der Waals surface area contributed by atoms with Gasteiger partial charge >= 0.3 is 0 Å². The van der Waals surface area contributed by atoms with Gasteiger partial charge in [0.15, 0.2) is 0 Å². The van der Waals surface area contributed by atoms with E-state index in [0.29, 0.717) is 24.1 Å². The number of hydrogen-bond acceptors (Lipinski definition) is 4. The molecule has 1 aromatic carbocycles. The summed E-state index contributed by atoms with van der Waals surface area (Å²) in [5, 5.41) is 5.24. The Bertz CT molecular complexity index is 864. The minimum atomic E-state index is -0.660. The first-order valence-corrected chi connectivity index (χ1v) is 11.2. The number of carbonyl (C=O) groups excluding carboxylic acids is 4. The van der Waals surface area contributed by atoms with Gasteiger partial charge in [0.05, 0.1) is 0 Å². The Kier molecular flexibility index (Phi) is 7.98. The molecule has 2 aliphatic rings. The molecule has 7 heteroatoms. The highest BCUT2D eigenvalue weighted by molar-refractivity contribution is 6.06. The molecule has 1 aromatic rings. The van der Waals surface area contributed by atoms with Crippen LogP contribution in [0, 0.1) is 0 Å². The Morgan fingerprint density at radius 2 is 1.87 bits per heavy atom. The monoisotopic (exact) mass is 425 g/mol. The molecule has 2 aliphatic heterocycles. The Labute approximate surface area is 183 Å². The van der Waals surface area contributed by atoms with E-state index in [9.17, 15) is 19.2 Å². The zero-order chi connectivity index (χ0) is 22.2. The molecule has 4 amide bonds. The van der Waals surface area contributed by atoms with E-state index in [1.165, 1.54) is 24.2 Å². The lowest BCUT2D eigenvalue weighted by Gasteiger charge is -2.29. The summed E-state index contributed by atoms with van der Waals surface area (Å²) in [4.78, 5) is 50.4. The number of nitrogens with zero attached hydrogens (tertiary/aromatic N) is 1. The SMILES string of the molecule is C=CCCCCCCCCC(=O)Nc1cccc2c1CN(C1CCC(=O)NC1=O)C2=O. The van der Waals surface area contributed by atoms with Gasteiger partial charge in [0, 0.05) is 36.2 Å². The van der Waals surface area contributed by atoms with Crippen LogP contribution in [0.25, 0.3) is 0 Å². The van der Waals surface area contributed by atoms with Crippen LogP contribution in [-0.4, -0.2) is 34.6 Å². The first-order chi connectivity index (χ1) is 15.0. The molecule has 0 aromatic heterocycles. The van der Waals surface area contributed by atoms with Gasteiger partial charge in [-0.05, 0) is 37.8 Å². The third-order valence-electron chi connectivity index (χ3n) is 5.92. The number of rotatable bonds is 11. The molecular formula is C24H31N3O4. The number of piperidine rings is 1. The number of allylic oxidation sites excluding steroid dienone is 1. The minimum absolute atomic E-state index is 0.0630. The number of fused-ring (bicyclic) bond motifs is 1. The number of carbonyl (C=O) groups is 4. The molecule has 2 N–H and O–H groups in total. The Morgan fingerprint density at radius 3 is 2.61 bits per heavy atom. The molecule has 1 unspecified atom stereocenters. The molecule has 0 saturated carbocycles. The van der Waals surface area contributed by atoms with Gasteiger partial charge in [-0.15, -0.1) is 6.58 Å². The van der Waals surface area contributed by atoms with Crippen LogP contribution in [0.5, 0.6) is 0 Å². The Morgan fingerprint density at radius 1 is 1.13 bits per heavy atom. The van der Waals surface area contributed by atoms with Gasteiger partial charge in [0.1, 0.15) is 6.04 Å². The van der Waals surface area contributed by atoms with Crippen LogP contribution in [0.3, 0.4) is 0 Å². The van der Waals surface area contributed by atoms with Gasteiger partial charge in [-0.1, -0.05) is 37.8 Å². The molecule has 1 atom stereocenters. The second-order valence-electron chi connectivity index (χ2n) is 8.23. The molecule has 1 saturated heterocycles. The van der Waals surface area contributed by atoms with E-state index in [1.807, 2.05) is 6.08 Å². The van der Waals surface area contributed by atoms with Gasteiger partial charge in [-0.25, -0.2) is 0 Å². The van der Waals surface area contributed by atoms with Crippen LogP contribution in [0.15, 0.2) is 30.9 Å². The highest BCUT2D eigenvalue weighted by Gasteiger charge is 2.39. The molecule has 0 aliphatic carbocycles. The quantitative estimate of drug-likeness (QED) is 0.321. The van der Waals surface area contributed by atoms with Gasteiger partial charge in [0.25, 0.3) is 5.91 Å². The van der Waals surface area contributed by atoms with E-state index < -0.39 is 11.9 Å². The summed E-state index contributed by atoms with van der Waals surface area (Å²) in [6, 6.07) is 4.58. The maximum Gasteiger partial charge on any atom is 0.255 e. The normalized spacial score (nSPS) is 18.0. The zero-order valence-electron chi connectivity index (χ0n) is 18.0. The summed E-state index contributed by atoms with van der Waals surface area (Å²) >= 11 is 0. The number of amides is 4. The van der Waals surface area contributed by atoms with Crippen LogP contribution in [0.2, 0.25) is 0 Å². The fourth-order valence-electron chi connectivity index (χ4n) is 4.20. The lowest BCUT2D eigenvalue weighted by Crippen LogP contribution is -2.52. The summed E-state index contributed by atoms with van der Waals surface area (Å²) in [7, 11) is 0. The lowest BCUT2D eigenvalue weighted by molar-refractivity contribution is -0.137. The summed E-state index contributed by atoms with van der Waals surface area (Å²) in [5.74, 6) is -1.05. The number of benzene rings is 1. The molecule has 1 fully saturated rings. The van der Waals surface area contributed by atoms with Crippen molar-refractivity contribution in [1.82, 2.24) is 10.2 Å². The van der Waals surface area contributed by atoms with E-state index in [-0.39, 0.29) is 30.7 Å². The van der Waals surface area contributed by atoms with Crippen molar-refractivity contribution >= 4 is 29.3 Å². The molecule has 3 rings (SSSR count). The predicted octanol–water partition coefficient (Wildman–Crippen LogP) is 3.69. The average Bonchev–Trinajstić information content (AvgIpc) is 3.07. The Balaban J connectivity index is 1.51. The molecular weight excluding hydrogens is 394 g/mol. The molecule has 2 heterocycles. The maximum absolute atomic E-state index is 12.8. The molecule has 7 nitrogen and oxygen atoms in total. The fraction of sp³-hybridized carbons (Fsp3) is 0.500. The smallest absolute Gasteiger partial charge is 0.255 e. The van der Waals surface area contributed by atoms with E-state index in [1.54, 1.807) is 18.2 Å². The van der Waals surface area contributed by atoms with Crippen LogP contribution >= 0.6 is 0 Å². The number of imide groups is 1. The summed E-state index contributed by atoms with van der Waals surface area (Å²) < 4.78 is 0. The molecule has 31 heavy (non-hydrogen) atoms. The van der Waals surface area contributed by atoms with Crippen LogP contribution in [-0.2, 0) is 20.9 Å². The third-order valence-corrected chi connectivity index (χ3v) is 5.92. The second-order valence-corrected chi connectivity index (χ2v) is 8.23. The Hall–Kier alpha value is -2.96. The highest BCUT2D eigenvalue weighted by atomic mass is 16.2.